The van der Waals surface area contributed by atoms with Gasteiger partial charge in [-0.15, -0.1) is 12.1 Å². The van der Waals surface area contributed by atoms with Gasteiger partial charge in [-0.2, -0.15) is 0 Å². The zero-order chi connectivity index (χ0) is 11.0. The van der Waals surface area contributed by atoms with E-state index in [0.717, 1.165) is 4.31 Å². The van der Waals surface area contributed by atoms with Gasteiger partial charge in [0.2, 0.25) is 10.0 Å². The van der Waals surface area contributed by atoms with Gasteiger partial charge in [0.05, 0.1) is 5.75 Å². The summed E-state index contributed by atoms with van der Waals surface area (Å²) >= 11 is 0. The van der Waals surface area contributed by atoms with Crippen LogP contribution in [0.2, 0.25) is 0 Å². The SMILES string of the molecule is C=C(CN1CCCS1(=O)=O)[B-](F)(F)F. The van der Waals surface area contributed by atoms with E-state index in [1.165, 1.54) is 0 Å². The molecule has 0 saturated carbocycles. The van der Waals surface area contributed by atoms with E-state index in [4.69, 9.17) is 0 Å². The number of nitrogens with zero attached hydrogens (tertiary/aromatic N) is 1. The minimum atomic E-state index is -5.13. The molecule has 0 radical (unpaired) electrons. The molecule has 8 heteroatoms. The van der Waals surface area contributed by atoms with E-state index in [9.17, 15) is 21.4 Å². The average Bonchev–Trinajstić information content (AvgIpc) is 2.29. The van der Waals surface area contributed by atoms with Gasteiger partial charge in [-0.1, -0.05) is 0 Å². The summed E-state index contributed by atoms with van der Waals surface area (Å²) in [5, 5.41) is 0. The van der Waals surface area contributed by atoms with E-state index in [0.29, 0.717) is 6.42 Å². The second kappa shape index (κ2) is 3.58. The highest BCUT2D eigenvalue weighted by molar-refractivity contribution is 7.89. The fraction of sp³-hybridized carbons (Fsp3) is 0.667. The van der Waals surface area contributed by atoms with Crippen LogP contribution in [0.15, 0.2) is 12.1 Å². The Hall–Kier alpha value is -0.495. The molecular formula is C6H10BF3NO2S-. The monoisotopic (exact) mass is 228 g/mol. The lowest BCUT2D eigenvalue weighted by atomic mass is 9.80. The molecule has 0 bridgehead atoms. The van der Waals surface area contributed by atoms with Crippen LogP contribution >= 0.6 is 0 Å². The Morgan fingerprint density at radius 2 is 2.00 bits per heavy atom. The third kappa shape index (κ3) is 2.51. The van der Waals surface area contributed by atoms with Gasteiger partial charge in [0, 0.05) is 13.1 Å². The Labute approximate surface area is 80.7 Å². The predicted molar refractivity (Wildman–Crippen MR) is 48.2 cm³/mol. The number of halogens is 3. The molecule has 0 atom stereocenters. The van der Waals surface area contributed by atoms with Gasteiger partial charge in [0.25, 0.3) is 0 Å². The van der Waals surface area contributed by atoms with Crippen molar-refractivity contribution in [2.45, 2.75) is 6.42 Å². The molecule has 0 unspecified atom stereocenters. The first-order valence-electron chi connectivity index (χ1n) is 4.09. The maximum Gasteiger partial charge on any atom is 0.506 e. The van der Waals surface area contributed by atoms with Gasteiger partial charge in [-0.25, -0.2) is 12.7 Å². The van der Waals surface area contributed by atoms with E-state index in [1.807, 2.05) is 0 Å². The zero-order valence-corrected chi connectivity index (χ0v) is 8.24. The van der Waals surface area contributed by atoms with Gasteiger partial charge in [-0.05, 0) is 6.42 Å². The molecule has 1 heterocycles. The summed E-state index contributed by atoms with van der Waals surface area (Å²) in [6.07, 6.45) is 0.389. The van der Waals surface area contributed by atoms with Crippen LogP contribution in [0.3, 0.4) is 0 Å². The van der Waals surface area contributed by atoms with Gasteiger partial charge in [0.1, 0.15) is 0 Å². The molecule has 1 rings (SSSR count). The van der Waals surface area contributed by atoms with Crippen molar-refractivity contribution in [3.8, 4) is 0 Å². The summed E-state index contributed by atoms with van der Waals surface area (Å²) in [4.78, 5) is 0. The van der Waals surface area contributed by atoms with Crippen molar-refractivity contribution in [2.24, 2.45) is 0 Å². The number of sulfonamides is 1. The molecule has 1 aliphatic rings. The van der Waals surface area contributed by atoms with Crippen molar-refractivity contribution in [1.29, 1.82) is 0 Å². The van der Waals surface area contributed by atoms with Crippen LogP contribution in [0.5, 0.6) is 0 Å². The van der Waals surface area contributed by atoms with Crippen molar-refractivity contribution in [3.63, 3.8) is 0 Å². The van der Waals surface area contributed by atoms with Crippen LogP contribution in [0, 0.1) is 0 Å². The molecule has 0 amide bonds. The van der Waals surface area contributed by atoms with Crippen molar-refractivity contribution in [2.75, 3.05) is 18.8 Å². The molecule has 0 aromatic heterocycles. The normalized spacial score (nSPS) is 22.5. The Morgan fingerprint density at radius 3 is 2.36 bits per heavy atom. The van der Waals surface area contributed by atoms with Crippen molar-refractivity contribution in [1.82, 2.24) is 4.31 Å². The van der Waals surface area contributed by atoms with Gasteiger partial charge in [0.15, 0.2) is 0 Å². The summed E-state index contributed by atoms with van der Waals surface area (Å²) in [7, 11) is -3.46. The quantitative estimate of drug-likeness (QED) is 0.674. The Kier molecular flexibility index (Phi) is 2.96. The fourth-order valence-electron chi connectivity index (χ4n) is 1.20. The Bertz CT molecular complexity index is 337. The van der Waals surface area contributed by atoms with Crippen molar-refractivity contribution >= 4 is 17.0 Å². The molecule has 0 aromatic carbocycles. The second-order valence-electron chi connectivity index (χ2n) is 3.24. The van der Waals surface area contributed by atoms with Gasteiger partial charge >= 0.3 is 6.98 Å². The summed E-state index contributed by atoms with van der Waals surface area (Å²) in [5.74, 6) is -0.0643. The maximum atomic E-state index is 12.1. The highest BCUT2D eigenvalue weighted by Gasteiger charge is 2.33. The highest BCUT2D eigenvalue weighted by atomic mass is 32.2. The molecule has 1 aliphatic heterocycles. The first kappa shape index (κ1) is 11.6. The molecule has 1 saturated heterocycles. The molecule has 3 nitrogen and oxygen atoms in total. The van der Waals surface area contributed by atoms with Crippen LogP contribution in [0.1, 0.15) is 6.42 Å². The standard InChI is InChI=1S/C6H10BF3NO2S/c1-6(7(8,9)10)5-11-3-2-4-14(11,12)13/h1-5H2/q-1. The smallest absolute Gasteiger partial charge is 0.445 e. The second-order valence-corrected chi connectivity index (χ2v) is 5.32. The minimum absolute atomic E-state index is 0.0643. The first-order valence-corrected chi connectivity index (χ1v) is 5.70. The Morgan fingerprint density at radius 1 is 1.43 bits per heavy atom. The lowest BCUT2D eigenvalue weighted by Crippen LogP contribution is -2.33. The maximum absolute atomic E-state index is 12.1. The van der Waals surface area contributed by atoms with E-state index < -0.39 is 29.0 Å². The number of hydrogen-bond donors (Lipinski definition) is 0. The van der Waals surface area contributed by atoms with Crippen LogP contribution in [0.4, 0.5) is 12.9 Å². The van der Waals surface area contributed by atoms with Crippen LogP contribution < -0.4 is 0 Å². The molecular weight excluding hydrogens is 218 g/mol. The van der Waals surface area contributed by atoms with Crippen molar-refractivity contribution in [3.05, 3.63) is 12.1 Å². The summed E-state index contributed by atoms with van der Waals surface area (Å²) in [6, 6.07) is 0. The minimum Gasteiger partial charge on any atom is -0.445 e. The molecule has 82 valence electrons. The molecule has 0 spiro atoms. The summed E-state index contributed by atoms with van der Waals surface area (Å²) in [6.45, 7) is -2.74. The third-order valence-corrected chi connectivity index (χ3v) is 3.95. The van der Waals surface area contributed by atoms with Crippen LogP contribution in [-0.4, -0.2) is 38.5 Å². The lowest BCUT2D eigenvalue weighted by Gasteiger charge is -2.22. The van der Waals surface area contributed by atoms with E-state index in [1.54, 1.807) is 0 Å². The summed E-state index contributed by atoms with van der Waals surface area (Å²) in [5.41, 5.74) is -0.963. The predicted octanol–water partition coefficient (Wildman–Crippen LogP) is 0.965. The lowest BCUT2D eigenvalue weighted by molar-refractivity contribution is 0.447. The van der Waals surface area contributed by atoms with E-state index in [2.05, 4.69) is 6.58 Å². The molecule has 0 N–H and O–H groups in total. The zero-order valence-electron chi connectivity index (χ0n) is 7.42. The molecule has 0 aliphatic carbocycles. The molecule has 1 fully saturated rings. The van der Waals surface area contributed by atoms with Gasteiger partial charge in [-0.3, -0.25) is 0 Å². The summed E-state index contributed by atoms with van der Waals surface area (Å²) < 4.78 is 59.4. The average molecular weight is 228 g/mol. The topological polar surface area (TPSA) is 37.4 Å². The third-order valence-electron chi connectivity index (χ3n) is 2.05. The molecule has 14 heavy (non-hydrogen) atoms. The van der Waals surface area contributed by atoms with E-state index >= 15 is 0 Å². The first-order chi connectivity index (χ1) is 6.23. The van der Waals surface area contributed by atoms with Crippen LogP contribution in [0.25, 0.3) is 0 Å². The Balaban J connectivity index is 2.67. The fourth-order valence-corrected chi connectivity index (χ4v) is 2.72. The number of hydrogen-bond acceptors (Lipinski definition) is 2. The molecule has 0 aromatic rings. The number of rotatable bonds is 3. The van der Waals surface area contributed by atoms with Crippen LogP contribution in [-0.2, 0) is 10.0 Å². The highest BCUT2D eigenvalue weighted by Crippen LogP contribution is 2.22. The van der Waals surface area contributed by atoms with Crippen molar-refractivity contribution < 1.29 is 21.4 Å². The van der Waals surface area contributed by atoms with Gasteiger partial charge < -0.3 is 12.9 Å². The van der Waals surface area contributed by atoms with E-state index in [-0.39, 0.29) is 12.3 Å². The largest absolute Gasteiger partial charge is 0.506 e.